The average Bonchev–Trinajstić information content (AvgIpc) is 2.70. The van der Waals surface area contributed by atoms with Crippen LogP contribution in [-0.4, -0.2) is 28.1 Å². The van der Waals surface area contributed by atoms with Crippen LogP contribution in [0.4, 0.5) is 0 Å². The van der Waals surface area contributed by atoms with Gasteiger partial charge in [-0.2, -0.15) is 0 Å². The Bertz CT molecular complexity index is 987. The van der Waals surface area contributed by atoms with Gasteiger partial charge in [-0.3, -0.25) is 4.79 Å². The van der Waals surface area contributed by atoms with E-state index >= 15 is 0 Å². The third kappa shape index (κ3) is 4.78. The number of amides is 1. The summed E-state index contributed by atoms with van der Waals surface area (Å²) in [6.07, 6.45) is 0.130. The van der Waals surface area contributed by atoms with Crippen molar-refractivity contribution in [3.63, 3.8) is 0 Å². The van der Waals surface area contributed by atoms with E-state index in [-0.39, 0.29) is 17.7 Å². The Labute approximate surface area is 170 Å². The summed E-state index contributed by atoms with van der Waals surface area (Å²) in [6, 6.07) is 20.7. The summed E-state index contributed by atoms with van der Waals surface area (Å²) in [5.74, 6) is -2.00. The maximum Gasteiger partial charge on any atom is 0.326 e. The number of phenols is 1. The van der Waals surface area contributed by atoms with Gasteiger partial charge in [0.2, 0.25) is 0 Å². The zero-order valence-electron chi connectivity index (χ0n) is 14.8. The number of benzene rings is 3. The fourth-order valence-electron chi connectivity index (χ4n) is 2.83. The van der Waals surface area contributed by atoms with Gasteiger partial charge in [0, 0.05) is 10.9 Å². The lowest BCUT2D eigenvalue weighted by Gasteiger charge is -2.15. The molecule has 0 aliphatic carbocycles. The first-order valence-corrected chi connectivity index (χ1v) is 9.40. The number of aromatic hydroxyl groups is 1. The van der Waals surface area contributed by atoms with Crippen LogP contribution in [0.3, 0.4) is 0 Å². The zero-order valence-corrected chi connectivity index (χ0v) is 16.4. The first kappa shape index (κ1) is 19.6. The van der Waals surface area contributed by atoms with Crippen LogP contribution >= 0.6 is 15.9 Å². The van der Waals surface area contributed by atoms with E-state index in [1.54, 1.807) is 6.07 Å². The molecule has 0 bridgehead atoms. The van der Waals surface area contributed by atoms with E-state index in [4.69, 9.17) is 0 Å². The molecule has 3 aromatic carbocycles. The topological polar surface area (TPSA) is 86.6 Å². The Balaban J connectivity index is 1.73. The van der Waals surface area contributed by atoms with Gasteiger partial charge >= 0.3 is 5.97 Å². The number of hydrogen-bond acceptors (Lipinski definition) is 3. The Kier molecular flexibility index (Phi) is 6.11. The quantitative estimate of drug-likeness (QED) is 0.535. The number of nitrogens with one attached hydrogen (secondary N) is 1. The minimum Gasteiger partial charge on any atom is -0.507 e. The van der Waals surface area contributed by atoms with Crippen molar-refractivity contribution in [3.05, 3.63) is 88.4 Å². The molecule has 1 atom stereocenters. The summed E-state index contributed by atoms with van der Waals surface area (Å²) in [5, 5.41) is 21.8. The molecule has 5 nitrogen and oxygen atoms in total. The van der Waals surface area contributed by atoms with Crippen molar-refractivity contribution in [3.8, 4) is 16.9 Å². The third-order valence-electron chi connectivity index (χ3n) is 4.31. The number of carbonyl (C=O) groups excluding carboxylic acids is 1. The zero-order chi connectivity index (χ0) is 20.1. The van der Waals surface area contributed by atoms with E-state index in [0.717, 1.165) is 16.7 Å². The largest absolute Gasteiger partial charge is 0.507 e. The summed E-state index contributed by atoms with van der Waals surface area (Å²) in [4.78, 5) is 24.0. The van der Waals surface area contributed by atoms with Crippen LogP contribution in [0.2, 0.25) is 0 Å². The highest BCUT2D eigenvalue weighted by molar-refractivity contribution is 9.10. The lowest BCUT2D eigenvalue weighted by atomic mass is 10.0. The smallest absolute Gasteiger partial charge is 0.326 e. The molecule has 0 aromatic heterocycles. The Morgan fingerprint density at radius 3 is 2.21 bits per heavy atom. The molecule has 0 saturated heterocycles. The monoisotopic (exact) mass is 439 g/mol. The normalized spacial score (nSPS) is 11.6. The minimum atomic E-state index is -1.14. The number of hydrogen-bond donors (Lipinski definition) is 3. The van der Waals surface area contributed by atoms with Crippen molar-refractivity contribution in [1.82, 2.24) is 5.32 Å². The maximum atomic E-state index is 12.4. The molecule has 28 heavy (non-hydrogen) atoms. The van der Waals surface area contributed by atoms with Gasteiger partial charge in [-0.25, -0.2) is 4.79 Å². The average molecular weight is 440 g/mol. The highest BCUT2D eigenvalue weighted by Gasteiger charge is 2.22. The number of carbonyl (C=O) groups is 2. The highest BCUT2D eigenvalue weighted by atomic mass is 79.9. The number of carboxylic acids is 1. The van der Waals surface area contributed by atoms with Crippen molar-refractivity contribution in [2.45, 2.75) is 12.5 Å². The standard InChI is InChI=1S/C22H18BrNO4/c23-17-10-11-20(25)18(13-17)21(26)24-19(22(27)28)12-14-6-8-16(9-7-14)15-4-2-1-3-5-15/h1-11,13,19,25H,12H2,(H,24,26)(H,27,28)/t19-/m0/s1. The first-order valence-electron chi connectivity index (χ1n) is 8.60. The summed E-state index contributed by atoms with van der Waals surface area (Å²) in [5.41, 5.74) is 2.90. The van der Waals surface area contributed by atoms with Crippen molar-refractivity contribution in [1.29, 1.82) is 0 Å². The Morgan fingerprint density at radius 2 is 1.57 bits per heavy atom. The molecular weight excluding hydrogens is 422 g/mol. The fourth-order valence-corrected chi connectivity index (χ4v) is 3.19. The van der Waals surface area contributed by atoms with E-state index in [1.165, 1.54) is 12.1 Å². The molecule has 3 aromatic rings. The van der Waals surface area contributed by atoms with Gasteiger partial charge in [0.1, 0.15) is 11.8 Å². The molecule has 0 fully saturated rings. The number of aliphatic carboxylic acids is 1. The minimum absolute atomic E-state index is 0.0139. The maximum absolute atomic E-state index is 12.4. The van der Waals surface area contributed by atoms with Gasteiger partial charge < -0.3 is 15.5 Å². The molecule has 0 saturated carbocycles. The SMILES string of the molecule is O=C(N[C@@H](Cc1ccc(-c2ccccc2)cc1)C(=O)O)c1cc(Br)ccc1O. The number of halogens is 1. The second kappa shape index (κ2) is 8.71. The van der Waals surface area contributed by atoms with E-state index in [2.05, 4.69) is 21.2 Å². The van der Waals surface area contributed by atoms with E-state index < -0.39 is 17.9 Å². The van der Waals surface area contributed by atoms with Crippen LogP contribution in [0.15, 0.2) is 77.3 Å². The molecule has 3 N–H and O–H groups in total. The molecule has 0 aliphatic rings. The molecule has 0 spiro atoms. The van der Waals surface area contributed by atoms with E-state index in [9.17, 15) is 19.8 Å². The van der Waals surface area contributed by atoms with Crippen molar-refractivity contribution in [2.24, 2.45) is 0 Å². The molecular formula is C22H18BrNO4. The Hall–Kier alpha value is -3.12. The molecule has 142 valence electrons. The fraction of sp³-hybridized carbons (Fsp3) is 0.0909. The molecule has 0 aliphatic heterocycles. The van der Waals surface area contributed by atoms with Crippen LogP contribution in [0.5, 0.6) is 5.75 Å². The predicted octanol–water partition coefficient (Wildman–Crippen LogP) is 4.25. The van der Waals surface area contributed by atoms with Gasteiger partial charge in [0.05, 0.1) is 5.56 Å². The third-order valence-corrected chi connectivity index (χ3v) is 4.80. The predicted molar refractivity (Wildman–Crippen MR) is 110 cm³/mol. The van der Waals surface area contributed by atoms with Gasteiger partial charge in [-0.1, -0.05) is 70.5 Å². The van der Waals surface area contributed by atoms with Crippen LogP contribution in [-0.2, 0) is 11.2 Å². The molecule has 6 heteroatoms. The van der Waals surface area contributed by atoms with Gasteiger partial charge in [0.25, 0.3) is 5.91 Å². The second-order valence-corrected chi connectivity index (χ2v) is 7.21. The molecule has 0 heterocycles. The molecule has 0 unspecified atom stereocenters. The number of carboxylic acid groups (broad SMARTS) is 1. The van der Waals surface area contributed by atoms with Crippen molar-refractivity contribution >= 4 is 27.8 Å². The molecule has 0 radical (unpaired) electrons. The van der Waals surface area contributed by atoms with Gasteiger partial charge in [-0.15, -0.1) is 0 Å². The first-order chi connectivity index (χ1) is 13.4. The van der Waals surface area contributed by atoms with E-state index in [0.29, 0.717) is 4.47 Å². The van der Waals surface area contributed by atoms with Crippen LogP contribution in [0.1, 0.15) is 15.9 Å². The number of phenolic OH excluding ortho intramolecular Hbond substituents is 1. The van der Waals surface area contributed by atoms with E-state index in [1.807, 2.05) is 54.6 Å². The van der Waals surface area contributed by atoms with Crippen molar-refractivity contribution in [2.75, 3.05) is 0 Å². The summed E-state index contributed by atoms with van der Waals surface area (Å²) in [7, 11) is 0. The highest BCUT2D eigenvalue weighted by Crippen LogP contribution is 2.22. The molecule has 3 rings (SSSR count). The van der Waals surface area contributed by atoms with Crippen molar-refractivity contribution < 1.29 is 19.8 Å². The lowest BCUT2D eigenvalue weighted by Crippen LogP contribution is -2.42. The van der Waals surface area contributed by atoms with Gasteiger partial charge in [0.15, 0.2) is 0 Å². The summed E-state index contributed by atoms with van der Waals surface area (Å²) < 4.78 is 0.610. The van der Waals surface area contributed by atoms with Gasteiger partial charge in [-0.05, 0) is 34.9 Å². The lowest BCUT2D eigenvalue weighted by molar-refractivity contribution is -0.139. The molecule has 1 amide bonds. The van der Waals surface area contributed by atoms with Crippen LogP contribution in [0, 0.1) is 0 Å². The summed E-state index contributed by atoms with van der Waals surface area (Å²) >= 11 is 3.23. The second-order valence-electron chi connectivity index (χ2n) is 6.29. The Morgan fingerprint density at radius 1 is 0.929 bits per heavy atom. The van der Waals surface area contributed by atoms with Crippen LogP contribution < -0.4 is 5.32 Å². The van der Waals surface area contributed by atoms with Crippen LogP contribution in [0.25, 0.3) is 11.1 Å². The summed E-state index contributed by atoms with van der Waals surface area (Å²) in [6.45, 7) is 0. The number of rotatable bonds is 6.